The number of nitro groups is 1. The second-order valence-electron chi connectivity index (χ2n) is 5.36. The fourth-order valence-corrected chi connectivity index (χ4v) is 2.33. The van der Waals surface area contributed by atoms with Gasteiger partial charge in [-0.1, -0.05) is 44.8 Å². The summed E-state index contributed by atoms with van der Waals surface area (Å²) < 4.78 is 0. The van der Waals surface area contributed by atoms with E-state index in [1.165, 1.54) is 0 Å². The minimum atomic E-state index is -1.22. The van der Waals surface area contributed by atoms with E-state index >= 15 is 0 Å². The molecule has 0 aromatic heterocycles. The largest absolute Gasteiger partial charge is 0.272 e. The smallest absolute Gasteiger partial charge is 0.258 e. The maximum absolute atomic E-state index is 10.9. The zero-order valence-electron chi connectivity index (χ0n) is 10.4. The minimum absolute atomic E-state index is 0.257. The molecule has 1 aromatic rings. The highest BCUT2D eigenvalue weighted by Crippen LogP contribution is 2.29. The minimum Gasteiger partial charge on any atom is -0.258 e. The number of nitrogens with zero attached hydrogens (tertiary/aromatic N) is 1. The summed E-state index contributed by atoms with van der Waals surface area (Å²) in [6.07, 6.45) is 0.812. The Morgan fingerprint density at radius 3 is 2.38 bits per heavy atom. The lowest BCUT2D eigenvalue weighted by Gasteiger charge is -2.25. The lowest BCUT2D eigenvalue weighted by atomic mass is 10.1. The van der Waals surface area contributed by atoms with Gasteiger partial charge in [0, 0.05) is 19.7 Å². The average molecular weight is 237 g/mol. The van der Waals surface area contributed by atoms with Crippen LogP contribution in [0.2, 0.25) is 25.2 Å². The number of para-hydroxylation sites is 1. The van der Waals surface area contributed by atoms with Gasteiger partial charge in [-0.05, 0) is 12.0 Å². The van der Waals surface area contributed by atoms with Gasteiger partial charge in [0.1, 0.15) is 0 Å². The van der Waals surface area contributed by atoms with Crippen LogP contribution >= 0.6 is 0 Å². The van der Waals surface area contributed by atoms with Gasteiger partial charge in [0.2, 0.25) is 0 Å². The van der Waals surface area contributed by atoms with Crippen LogP contribution < -0.4 is 0 Å². The molecule has 1 rings (SSSR count). The Kier molecular flexibility index (Phi) is 3.86. The zero-order valence-corrected chi connectivity index (χ0v) is 11.4. The maximum atomic E-state index is 10.9. The quantitative estimate of drug-likeness (QED) is 0.453. The topological polar surface area (TPSA) is 43.1 Å². The highest BCUT2D eigenvalue weighted by molar-refractivity contribution is 6.77. The maximum Gasteiger partial charge on any atom is 0.272 e. The van der Waals surface area contributed by atoms with Crippen molar-refractivity contribution in [2.75, 3.05) is 0 Å². The lowest BCUT2D eigenvalue weighted by molar-refractivity contribution is -0.385. The molecular formula is C12H19NO2Si. The van der Waals surface area contributed by atoms with Gasteiger partial charge in [-0.3, -0.25) is 10.1 Å². The van der Waals surface area contributed by atoms with Crippen LogP contribution in [0.4, 0.5) is 5.69 Å². The van der Waals surface area contributed by atoms with Crippen molar-refractivity contribution in [3.05, 3.63) is 39.9 Å². The molecule has 16 heavy (non-hydrogen) atoms. The van der Waals surface area contributed by atoms with E-state index in [4.69, 9.17) is 0 Å². The highest BCUT2D eigenvalue weighted by Gasteiger charge is 2.25. The van der Waals surface area contributed by atoms with Crippen LogP contribution in [0, 0.1) is 10.1 Å². The van der Waals surface area contributed by atoms with E-state index in [-0.39, 0.29) is 10.6 Å². The second-order valence-corrected chi connectivity index (χ2v) is 11.1. The van der Waals surface area contributed by atoms with Crippen molar-refractivity contribution in [2.24, 2.45) is 0 Å². The Hall–Kier alpha value is -1.16. The first-order valence-electron chi connectivity index (χ1n) is 5.54. The molecule has 0 bridgehead atoms. The van der Waals surface area contributed by atoms with E-state index in [0.717, 1.165) is 12.0 Å². The predicted octanol–water partition coefficient (Wildman–Crippen LogP) is 3.87. The monoisotopic (exact) mass is 237 g/mol. The van der Waals surface area contributed by atoms with Gasteiger partial charge in [-0.15, -0.1) is 0 Å². The third-order valence-corrected chi connectivity index (χ3v) is 6.35. The van der Waals surface area contributed by atoms with Crippen LogP contribution in [0.3, 0.4) is 0 Å². The molecular weight excluding hydrogens is 218 g/mol. The van der Waals surface area contributed by atoms with E-state index in [9.17, 15) is 10.1 Å². The predicted molar refractivity (Wildman–Crippen MR) is 69.6 cm³/mol. The van der Waals surface area contributed by atoms with Gasteiger partial charge in [-0.2, -0.15) is 0 Å². The lowest BCUT2D eigenvalue weighted by Crippen LogP contribution is -2.27. The Balaban J connectivity index is 2.93. The van der Waals surface area contributed by atoms with Gasteiger partial charge in [-0.25, -0.2) is 0 Å². The van der Waals surface area contributed by atoms with Gasteiger partial charge in [0.15, 0.2) is 0 Å². The molecule has 0 aliphatic carbocycles. The van der Waals surface area contributed by atoms with Crippen LogP contribution in [0.15, 0.2) is 24.3 Å². The molecule has 0 radical (unpaired) electrons. The molecule has 0 saturated heterocycles. The van der Waals surface area contributed by atoms with Crippen molar-refractivity contribution in [3.8, 4) is 0 Å². The summed E-state index contributed by atoms with van der Waals surface area (Å²) in [7, 11) is -1.22. The van der Waals surface area contributed by atoms with E-state index in [0.29, 0.717) is 5.54 Å². The van der Waals surface area contributed by atoms with Crippen molar-refractivity contribution in [1.29, 1.82) is 0 Å². The summed E-state index contributed by atoms with van der Waals surface area (Å²) in [5.74, 6) is 0. The molecule has 0 amide bonds. The molecule has 0 fully saturated rings. The standard InChI is InChI=1S/C12H19NO2Si/c1-10(16(2,3)4)9-11-7-5-6-8-12(11)13(14)15/h5-8,10H,9H2,1-4H3. The van der Waals surface area contributed by atoms with Gasteiger partial charge >= 0.3 is 0 Å². The molecule has 0 aliphatic heterocycles. The van der Waals surface area contributed by atoms with E-state index in [2.05, 4.69) is 26.6 Å². The van der Waals surface area contributed by atoms with Gasteiger partial charge < -0.3 is 0 Å². The van der Waals surface area contributed by atoms with Crippen molar-refractivity contribution < 1.29 is 4.92 Å². The normalized spacial score (nSPS) is 13.5. The molecule has 0 saturated carbocycles. The van der Waals surface area contributed by atoms with E-state index in [1.54, 1.807) is 12.1 Å². The Morgan fingerprint density at radius 2 is 1.88 bits per heavy atom. The molecule has 0 N–H and O–H groups in total. The summed E-state index contributed by atoms with van der Waals surface area (Å²) in [6.45, 7) is 9.09. The molecule has 3 nitrogen and oxygen atoms in total. The summed E-state index contributed by atoms with van der Waals surface area (Å²) in [5, 5.41) is 10.9. The van der Waals surface area contributed by atoms with Crippen LogP contribution in [-0.4, -0.2) is 13.0 Å². The Morgan fingerprint density at radius 1 is 1.31 bits per heavy atom. The summed E-state index contributed by atoms with van der Waals surface area (Å²) in [6, 6.07) is 7.06. The molecule has 0 aliphatic rings. The fraction of sp³-hybridized carbons (Fsp3) is 0.500. The van der Waals surface area contributed by atoms with Crippen molar-refractivity contribution in [2.45, 2.75) is 38.5 Å². The first kappa shape index (κ1) is 12.9. The SMILES string of the molecule is CC(Cc1ccccc1[N+](=O)[O-])[Si](C)(C)C. The summed E-state index contributed by atoms with van der Waals surface area (Å²) in [5.41, 5.74) is 1.67. The third-order valence-electron chi connectivity index (χ3n) is 3.19. The molecule has 0 spiro atoms. The van der Waals surface area contributed by atoms with Crippen LogP contribution in [0.5, 0.6) is 0 Å². The van der Waals surface area contributed by atoms with Crippen molar-refractivity contribution in [3.63, 3.8) is 0 Å². The first-order chi connectivity index (χ1) is 7.32. The molecule has 4 heteroatoms. The van der Waals surface area contributed by atoms with Crippen molar-refractivity contribution in [1.82, 2.24) is 0 Å². The van der Waals surface area contributed by atoms with Crippen LogP contribution in [0.1, 0.15) is 12.5 Å². The van der Waals surface area contributed by atoms with Crippen LogP contribution in [-0.2, 0) is 6.42 Å². The Bertz CT molecular complexity index is 385. The molecule has 0 heterocycles. The number of hydrogen-bond donors (Lipinski definition) is 0. The molecule has 1 aromatic carbocycles. The first-order valence-corrected chi connectivity index (χ1v) is 9.12. The number of hydrogen-bond acceptors (Lipinski definition) is 2. The number of nitro benzene ring substituents is 1. The zero-order chi connectivity index (χ0) is 12.3. The molecule has 1 atom stereocenters. The van der Waals surface area contributed by atoms with Crippen LogP contribution in [0.25, 0.3) is 0 Å². The number of benzene rings is 1. The third kappa shape index (κ3) is 3.17. The fourth-order valence-electron chi connectivity index (χ4n) is 1.50. The highest BCUT2D eigenvalue weighted by atomic mass is 28.3. The summed E-state index contributed by atoms with van der Waals surface area (Å²) >= 11 is 0. The van der Waals surface area contributed by atoms with Gasteiger partial charge in [0.25, 0.3) is 5.69 Å². The average Bonchev–Trinajstić information content (AvgIpc) is 2.16. The molecule has 88 valence electrons. The van der Waals surface area contributed by atoms with E-state index < -0.39 is 8.07 Å². The van der Waals surface area contributed by atoms with Gasteiger partial charge in [0.05, 0.1) is 4.92 Å². The van der Waals surface area contributed by atoms with E-state index in [1.807, 2.05) is 12.1 Å². The molecule has 1 unspecified atom stereocenters. The Labute approximate surface area is 97.7 Å². The number of rotatable bonds is 4. The van der Waals surface area contributed by atoms with Crippen molar-refractivity contribution >= 4 is 13.8 Å². The second kappa shape index (κ2) is 4.78. The summed E-state index contributed by atoms with van der Waals surface area (Å²) in [4.78, 5) is 10.6.